The Kier molecular flexibility index (Phi) is 9.09. The van der Waals surface area contributed by atoms with Crippen molar-refractivity contribution in [3.05, 3.63) is 30.3 Å². The van der Waals surface area contributed by atoms with Crippen LogP contribution in [-0.2, 0) is 9.47 Å². The Hall–Kier alpha value is -1.06. The van der Waals surface area contributed by atoms with Crippen molar-refractivity contribution in [1.82, 2.24) is 0 Å². The second-order valence-electron chi connectivity index (χ2n) is 4.97. The van der Waals surface area contributed by atoms with Crippen LogP contribution in [0.2, 0.25) is 0 Å². The summed E-state index contributed by atoms with van der Waals surface area (Å²) >= 11 is 0. The van der Waals surface area contributed by atoms with Gasteiger partial charge in [-0.15, -0.1) is 0 Å². The molecular formula is C17H28O3. The molecule has 20 heavy (non-hydrogen) atoms. The molecule has 3 nitrogen and oxygen atoms in total. The van der Waals surface area contributed by atoms with Crippen molar-refractivity contribution in [2.45, 2.75) is 52.2 Å². The van der Waals surface area contributed by atoms with Gasteiger partial charge in [0.2, 0.25) is 0 Å². The summed E-state index contributed by atoms with van der Waals surface area (Å²) in [5, 5.41) is 0. The average molecular weight is 280 g/mol. The van der Waals surface area contributed by atoms with E-state index in [2.05, 4.69) is 20.8 Å². The van der Waals surface area contributed by atoms with E-state index in [4.69, 9.17) is 14.2 Å². The van der Waals surface area contributed by atoms with E-state index in [-0.39, 0.29) is 12.2 Å². The van der Waals surface area contributed by atoms with Crippen LogP contribution in [0.5, 0.6) is 5.75 Å². The van der Waals surface area contributed by atoms with E-state index in [0.717, 1.165) is 38.2 Å². The second kappa shape index (κ2) is 10.7. The molecule has 0 aliphatic heterocycles. The van der Waals surface area contributed by atoms with Crippen LogP contribution in [0.25, 0.3) is 0 Å². The lowest BCUT2D eigenvalue weighted by molar-refractivity contribution is -0.0525. The third kappa shape index (κ3) is 6.92. The van der Waals surface area contributed by atoms with Crippen LogP contribution in [0.1, 0.15) is 40.0 Å². The summed E-state index contributed by atoms with van der Waals surface area (Å²) in [5.74, 6) is 0.864. The molecule has 0 saturated heterocycles. The highest BCUT2D eigenvalue weighted by Gasteiger charge is 2.20. The number of rotatable bonds is 11. The highest BCUT2D eigenvalue weighted by Crippen LogP contribution is 2.15. The van der Waals surface area contributed by atoms with Crippen LogP contribution < -0.4 is 4.74 Å². The lowest BCUT2D eigenvalue weighted by Gasteiger charge is -2.25. The van der Waals surface area contributed by atoms with Gasteiger partial charge in [0.25, 0.3) is 0 Å². The number of unbranched alkanes of at least 4 members (excludes halogenated alkanes) is 1. The van der Waals surface area contributed by atoms with Gasteiger partial charge in [0.05, 0.1) is 12.7 Å². The number of hydrogen-bond acceptors (Lipinski definition) is 3. The molecule has 2 atom stereocenters. The minimum absolute atomic E-state index is 0.0265. The van der Waals surface area contributed by atoms with Gasteiger partial charge < -0.3 is 14.2 Å². The van der Waals surface area contributed by atoms with Crippen LogP contribution in [0.3, 0.4) is 0 Å². The highest BCUT2D eigenvalue weighted by atomic mass is 16.6. The Morgan fingerprint density at radius 1 is 1.00 bits per heavy atom. The molecule has 0 aromatic heterocycles. The fourth-order valence-corrected chi connectivity index (χ4v) is 1.80. The maximum atomic E-state index is 6.00. The molecule has 0 aliphatic rings. The molecule has 0 fully saturated rings. The predicted molar refractivity (Wildman–Crippen MR) is 82.3 cm³/mol. The molecular weight excluding hydrogens is 252 g/mol. The molecule has 0 heterocycles. The van der Waals surface area contributed by atoms with Gasteiger partial charge in [-0.25, -0.2) is 0 Å². The molecule has 0 spiro atoms. The van der Waals surface area contributed by atoms with Gasteiger partial charge in [-0.05, 0) is 31.9 Å². The molecule has 0 N–H and O–H groups in total. The van der Waals surface area contributed by atoms with Crippen molar-refractivity contribution in [3.8, 4) is 5.75 Å². The Morgan fingerprint density at radius 3 is 2.40 bits per heavy atom. The second-order valence-corrected chi connectivity index (χ2v) is 4.97. The highest BCUT2D eigenvalue weighted by molar-refractivity contribution is 5.21. The predicted octanol–water partition coefficient (Wildman–Crippen LogP) is 4.07. The molecule has 1 rings (SSSR count). The van der Waals surface area contributed by atoms with E-state index in [0.29, 0.717) is 6.61 Å². The molecule has 0 aliphatic carbocycles. The number of ether oxygens (including phenoxy) is 3. The summed E-state index contributed by atoms with van der Waals surface area (Å²) in [6.07, 6.45) is 3.20. The minimum atomic E-state index is -0.0687. The van der Waals surface area contributed by atoms with Gasteiger partial charge in [-0.1, -0.05) is 38.5 Å². The van der Waals surface area contributed by atoms with Crippen LogP contribution in [0, 0.1) is 0 Å². The zero-order valence-corrected chi connectivity index (χ0v) is 13.0. The molecule has 3 heteroatoms. The first kappa shape index (κ1) is 17.0. The molecule has 0 amide bonds. The fourth-order valence-electron chi connectivity index (χ4n) is 1.80. The Morgan fingerprint density at radius 2 is 1.75 bits per heavy atom. The number of benzene rings is 1. The molecule has 0 saturated carbocycles. The summed E-state index contributed by atoms with van der Waals surface area (Å²) in [6, 6.07) is 9.86. The maximum absolute atomic E-state index is 6.00. The van der Waals surface area contributed by atoms with E-state index in [9.17, 15) is 0 Å². The number of para-hydroxylation sites is 1. The summed E-state index contributed by atoms with van der Waals surface area (Å²) < 4.78 is 17.5. The summed E-state index contributed by atoms with van der Waals surface area (Å²) in [5.41, 5.74) is 0. The first-order valence-electron chi connectivity index (χ1n) is 7.69. The SMILES string of the molecule is CCCCO[C@@H](C)[C@@H](COCCC)Oc1ccccc1. The zero-order valence-electron chi connectivity index (χ0n) is 13.0. The zero-order chi connectivity index (χ0) is 14.6. The van der Waals surface area contributed by atoms with Crippen LogP contribution >= 0.6 is 0 Å². The van der Waals surface area contributed by atoms with Crippen molar-refractivity contribution < 1.29 is 14.2 Å². The largest absolute Gasteiger partial charge is 0.485 e. The van der Waals surface area contributed by atoms with E-state index in [1.807, 2.05) is 30.3 Å². The van der Waals surface area contributed by atoms with Gasteiger partial charge in [0, 0.05) is 13.2 Å². The summed E-state index contributed by atoms with van der Waals surface area (Å²) in [7, 11) is 0. The fraction of sp³-hybridized carbons (Fsp3) is 0.647. The molecule has 0 unspecified atom stereocenters. The topological polar surface area (TPSA) is 27.7 Å². The lowest BCUT2D eigenvalue weighted by atomic mass is 10.2. The first-order valence-corrected chi connectivity index (χ1v) is 7.69. The summed E-state index contributed by atoms with van der Waals surface area (Å²) in [6.45, 7) is 8.43. The molecule has 1 aromatic rings. The monoisotopic (exact) mass is 280 g/mol. The third-order valence-corrected chi connectivity index (χ3v) is 3.06. The third-order valence-electron chi connectivity index (χ3n) is 3.06. The van der Waals surface area contributed by atoms with E-state index in [1.165, 1.54) is 0 Å². The minimum Gasteiger partial charge on any atom is -0.485 e. The standard InChI is InChI=1S/C17H28O3/c1-4-6-13-19-15(3)17(14-18-12-5-2)20-16-10-8-7-9-11-16/h7-11,15,17H,4-6,12-14H2,1-3H3/t15-,17+/m0/s1. The van der Waals surface area contributed by atoms with Crippen LogP contribution in [0.4, 0.5) is 0 Å². The lowest BCUT2D eigenvalue weighted by Crippen LogP contribution is -2.36. The van der Waals surface area contributed by atoms with Gasteiger partial charge in [0.15, 0.2) is 0 Å². The van der Waals surface area contributed by atoms with Gasteiger partial charge >= 0.3 is 0 Å². The van der Waals surface area contributed by atoms with Crippen molar-refractivity contribution >= 4 is 0 Å². The van der Waals surface area contributed by atoms with Gasteiger partial charge in [0.1, 0.15) is 11.9 Å². The van der Waals surface area contributed by atoms with Crippen molar-refractivity contribution in [3.63, 3.8) is 0 Å². The molecule has 0 bridgehead atoms. The first-order chi connectivity index (χ1) is 9.77. The average Bonchev–Trinajstić information content (AvgIpc) is 2.47. The van der Waals surface area contributed by atoms with Crippen molar-refractivity contribution in [2.24, 2.45) is 0 Å². The van der Waals surface area contributed by atoms with Crippen LogP contribution in [0.15, 0.2) is 30.3 Å². The molecule has 114 valence electrons. The molecule has 1 aromatic carbocycles. The number of hydrogen-bond donors (Lipinski definition) is 0. The van der Waals surface area contributed by atoms with Crippen molar-refractivity contribution in [1.29, 1.82) is 0 Å². The Bertz CT molecular complexity index is 326. The van der Waals surface area contributed by atoms with E-state index in [1.54, 1.807) is 0 Å². The van der Waals surface area contributed by atoms with E-state index >= 15 is 0 Å². The quantitative estimate of drug-likeness (QED) is 0.572. The van der Waals surface area contributed by atoms with Crippen LogP contribution in [-0.4, -0.2) is 32.0 Å². The smallest absolute Gasteiger partial charge is 0.148 e. The maximum Gasteiger partial charge on any atom is 0.148 e. The van der Waals surface area contributed by atoms with E-state index < -0.39 is 0 Å². The Balaban J connectivity index is 2.49. The normalized spacial score (nSPS) is 13.9. The van der Waals surface area contributed by atoms with Gasteiger partial charge in [-0.2, -0.15) is 0 Å². The summed E-state index contributed by atoms with van der Waals surface area (Å²) in [4.78, 5) is 0. The molecule has 0 radical (unpaired) electrons. The van der Waals surface area contributed by atoms with Crippen molar-refractivity contribution in [2.75, 3.05) is 19.8 Å². The van der Waals surface area contributed by atoms with Gasteiger partial charge in [-0.3, -0.25) is 0 Å². The Labute approximate surface area is 123 Å².